The number of aromatic nitrogens is 5. The molecule has 0 spiro atoms. The molecule has 0 bridgehead atoms. The van der Waals surface area contributed by atoms with Crippen LogP contribution in [0.15, 0.2) is 36.8 Å². The number of ether oxygens (including phenoxy) is 1. The molecule has 3 heterocycles. The Morgan fingerprint density at radius 3 is 2.92 bits per heavy atom. The van der Waals surface area contributed by atoms with Crippen molar-refractivity contribution in [3.05, 3.63) is 42.4 Å². The van der Waals surface area contributed by atoms with Gasteiger partial charge in [-0.1, -0.05) is 18.2 Å². The van der Waals surface area contributed by atoms with Gasteiger partial charge >= 0.3 is 5.97 Å². The predicted octanol–water partition coefficient (Wildman–Crippen LogP) is 2.11. The first-order valence-electron chi connectivity index (χ1n) is 7.86. The smallest absolute Gasteiger partial charge is 0.340 e. The number of aromatic amines is 1. The van der Waals surface area contributed by atoms with Crippen LogP contribution in [-0.2, 0) is 4.74 Å². The zero-order valence-electron chi connectivity index (χ0n) is 13.8. The molecule has 26 heavy (non-hydrogen) atoms. The molecule has 1 N–H and O–H groups in total. The molecule has 4 rings (SSSR count). The van der Waals surface area contributed by atoms with E-state index in [1.165, 1.54) is 17.9 Å². The van der Waals surface area contributed by atoms with Crippen LogP contribution in [0.3, 0.4) is 0 Å². The van der Waals surface area contributed by atoms with E-state index in [1.54, 1.807) is 13.1 Å². The van der Waals surface area contributed by atoms with Crippen molar-refractivity contribution in [1.29, 1.82) is 0 Å². The lowest BCUT2D eigenvalue weighted by atomic mass is 10.0. The first kappa shape index (κ1) is 16.4. The fraction of sp³-hybridized carbons (Fsp3) is 0.118. The number of hydrogen-bond acceptors (Lipinski definition) is 7. The van der Waals surface area contributed by atoms with Gasteiger partial charge < -0.3 is 9.72 Å². The average molecular weight is 361 g/mol. The number of nitrogens with zero attached hydrogens (tertiary/aromatic N) is 4. The second-order valence-corrected chi connectivity index (χ2v) is 6.16. The van der Waals surface area contributed by atoms with Crippen molar-refractivity contribution in [2.24, 2.45) is 0 Å². The number of carbonyl (C=O) groups excluding carboxylic acids is 1. The van der Waals surface area contributed by atoms with E-state index in [4.69, 9.17) is 12.6 Å². The zero-order chi connectivity index (χ0) is 18.1. The van der Waals surface area contributed by atoms with Gasteiger partial charge in [-0.3, -0.25) is 0 Å². The summed E-state index contributed by atoms with van der Waals surface area (Å²) >= 11 is 1.23. The molecule has 1 aromatic carbocycles. The Morgan fingerprint density at radius 1 is 1.31 bits per heavy atom. The van der Waals surface area contributed by atoms with Gasteiger partial charge in [0.15, 0.2) is 7.85 Å². The number of benzene rings is 1. The maximum atomic E-state index is 12.3. The van der Waals surface area contributed by atoms with Crippen LogP contribution >= 0.6 is 11.5 Å². The lowest BCUT2D eigenvalue weighted by Gasteiger charge is -2.06. The molecule has 0 atom stereocenters. The number of fused-ring (bicyclic) bond motifs is 1. The van der Waals surface area contributed by atoms with Gasteiger partial charge in [-0.15, -0.1) is 0 Å². The van der Waals surface area contributed by atoms with Gasteiger partial charge in [-0.05, 0) is 24.5 Å². The van der Waals surface area contributed by atoms with Crippen LogP contribution in [0.5, 0.6) is 0 Å². The molecule has 0 amide bonds. The van der Waals surface area contributed by atoms with Crippen molar-refractivity contribution in [2.45, 2.75) is 6.92 Å². The SMILES string of the molecule is [B]c1nsc(-c2cccc(-c3ncnc4[nH]cc(C(=O)OCC)c34)c2)n1. The lowest BCUT2D eigenvalue weighted by Crippen LogP contribution is -2.05. The highest BCUT2D eigenvalue weighted by molar-refractivity contribution is 7.09. The van der Waals surface area contributed by atoms with Crippen LogP contribution in [0.1, 0.15) is 17.3 Å². The predicted molar refractivity (Wildman–Crippen MR) is 99.6 cm³/mol. The maximum Gasteiger partial charge on any atom is 0.340 e. The molecule has 0 fully saturated rings. The number of H-pyrrole nitrogens is 1. The molecular formula is C17H12BN5O2S. The Labute approximate surface area is 154 Å². The Kier molecular flexibility index (Phi) is 4.22. The Balaban J connectivity index is 1.87. The minimum absolute atomic E-state index is 0.245. The van der Waals surface area contributed by atoms with Gasteiger partial charge in [0.05, 0.1) is 29.0 Å². The largest absolute Gasteiger partial charge is 0.462 e. The summed E-state index contributed by atoms with van der Waals surface area (Å²) in [5, 5.41) is 1.34. The normalized spacial score (nSPS) is 11.0. The number of rotatable bonds is 4. The van der Waals surface area contributed by atoms with E-state index in [9.17, 15) is 4.79 Å². The van der Waals surface area contributed by atoms with Gasteiger partial charge in [0.25, 0.3) is 0 Å². The second kappa shape index (κ2) is 6.68. The van der Waals surface area contributed by atoms with Crippen molar-refractivity contribution in [2.75, 3.05) is 6.61 Å². The number of nitrogens with one attached hydrogen (secondary N) is 1. The standard InChI is InChI=1S/C17H12BN5O2S/c1-2-25-16(24)11-7-19-14-12(11)13(20-8-21-14)9-4-3-5-10(6-9)15-22-17(18)23-26-15/h3-8H,2H2,1H3,(H,19,20,21). The third-order valence-corrected chi connectivity index (χ3v) is 4.57. The summed E-state index contributed by atoms with van der Waals surface area (Å²) in [6, 6.07) is 7.67. The Bertz CT molecular complexity index is 1110. The summed E-state index contributed by atoms with van der Waals surface area (Å²) in [7, 11) is 5.62. The summed E-state index contributed by atoms with van der Waals surface area (Å²) in [6.45, 7) is 2.06. The van der Waals surface area contributed by atoms with Crippen LogP contribution in [0.25, 0.3) is 32.9 Å². The number of carbonyl (C=O) groups is 1. The van der Waals surface area contributed by atoms with Gasteiger partial charge in [0.2, 0.25) is 0 Å². The fourth-order valence-electron chi connectivity index (χ4n) is 2.70. The van der Waals surface area contributed by atoms with Crippen LogP contribution < -0.4 is 5.72 Å². The van der Waals surface area contributed by atoms with E-state index in [0.717, 1.165) is 11.1 Å². The minimum atomic E-state index is -0.414. The average Bonchev–Trinajstić information content (AvgIpc) is 3.28. The van der Waals surface area contributed by atoms with E-state index in [1.807, 2.05) is 24.3 Å². The molecule has 0 aliphatic carbocycles. The van der Waals surface area contributed by atoms with Crippen LogP contribution in [0.4, 0.5) is 0 Å². The highest BCUT2D eigenvalue weighted by atomic mass is 32.1. The molecule has 3 aromatic heterocycles. The van der Waals surface area contributed by atoms with E-state index < -0.39 is 5.97 Å². The Hall–Kier alpha value is -3.07. The van der Waals surface area contributed by atoms with Gasteiger partial charge in [-0.25, -0.2) is 19.7 Å². The van der Waals surface area contributed by atoms with Crippen LogP contribution in [0.2, 0.25) is 0 Å². The van der Waals surface area contributed by atoms with E-state index in [2.05, 4.69) is 24.3 Å². The molecule has 0 saturated carbocycles. The number of hydrogen-bond donors (Lipinski definition) is 1. The molecule has 4 aromatic rings. The highest BCUT2D eigenvalue weighted by Gasteiger charge is 2.19. The molecule has 0 aliphatic heterocycles. The summed E-state index contributed by atoms with van der Waals surface area (Å²) in [5.74, 6) is -0.414. The van der Waals surface area contributed by atoms with E-state index >= 15 is 0 Å². The molecule has 126 valence electrons. The topological polar surface area (TPSA) is 93.7 Å². The van der Waals surface area contributed by atoms with Crippen molar-refractivity contribution in [1.82, 2.24) is 24.3 Å². The summed E-state index contributed by atoms with van der Waals surface area (Å²) in [6.07, 6.45) is 3.05. The zero-order valence-corrected chi connectivity index (χ0v) is 14.6. The summed E-state index contributed by atoms with van der Waals surface area (Å²) < 4.78 is 9.15. The van der Waals surface area contributed by atoms with Gasteiger partial charge in [0, 0.05) is 17.3 Å². The summed E-state index contributed by atoms with van der Waals surface area (Å²) in [5.41, 5.74) is 3.56. The van der Waals surface area contributed by atoms with E-state index in [0.29, 0.717) is 33.9 Å². The second-order valence-electron chi connectivity index (χ2n) is 5.41. The molecule has 9 heteroatoms. The van der Waals surface area contributed by atoms with Crippen molar-refractivity contribution in [3.8, 4) is 21.8 Å². The van der Waals surface area contributed by atoms with E-state index in [-0.39, 0.29) is 5.72 Å². The molecular weight excluding hydrogens is 349 g/mol. The van der Waals surface area contributed by atoms with Crippen molar-refractivity contribution < 1.29 is 9.53 Å². The minimum Gasteiger partial charge on any atom is -0.462 e. The van der Waals surface area contributed by atoms with Crippen molar-refractivity contribution >= 4 is 42.1 Å². The molecule has 2 radical (unpaired) electrons. The quantitative estimate of drug-likeness (QED) is 0.442. The lowest BCUT2D eigenvalue weighted by molar-refractivity contribution is 0.0528. The molecule has 0 saturated heterocycles. The Morgan fingerprint density at radius 2 is 2.15 bits per heavy atom. The third kappa shape index (κ3) is 2.86. The third-order valence-electron chi connectivity index (χ3n) is 3.79. The van der Waals surface area contributed by atoms with Crippen LogP contribution in [0, 0.1) is 0 Å². The molecule has 7 nitrogen and oxygen atoms in total. The monoisotopic (exact) mass is 361 g/mol. The van der Waals surface area contributed by atoms with Gasteiger partial charge in [0.1, 0.15) is 17.0 Å². The highest BCUT2D eigenvalue weighted by Crippen LogP contribution is 2.31. The fourth-order valence-corrected chi connectivity index (χ4v) is 3.29. The van der Waals surface area contributed by atoms with Crippen molar-refractivity contribution in [3.63, 3.8) is 0 Å². The maximum absolute atomic E-state index is 12.3. The molecule has 0 unspecified atom stereocenters. The molecule has 0 aliphatic rings. The van der Waals surface area contributed by atoms with Crippen LogP contribution in [-0.4, -0.2) is 44.7 Å². The van der Waals surface area contributed by atoms with Gasteiger partial charge in [-0.2, -0.15) is 4.37 Å². The summed E-state index contributed by atoms with van der Waals surface area (Å²) in [4.78, 5) is 28.1. The number of esters is 1. The first-order valence-corrected chi connectivity index (χ1v) is 8.64. The first-order chi connectivity index (χ1) is 12.7.